The summed E-state index contributed by atoms with van der Waals surface area (Å²) in [5.74, 6) is 5.26. The molecule has 1 atom stereocenters. The van der Waals surface area contributed by atoms with Gasteiger partial charge in [0.15, 0.2) is 0 Å². The summed E-state index contributed by atoms with van der Waals surface area (Å²) in [7, 11) is 1.36. The van der Waals surface area contributed by atoms with Gasteiger partial charge in [-0.3, -0.25) is 9.59 Å². The molecule has 0 heterocycles. The minimum absolute atomic E-state index is 0.161. The molecular weight excluding hydrogens is 396 g/mol. The summed E-state index contributed by atoms with van der Waals surface area (Å²) in [6, 6.07) is 7.40. The first-order chi connectivity index (χ1) is 14.6. The van der Waals surface area contributed by atoms with Gasteiger partial charge in [0.25, 0.3) is 0 Å². The maximum Gasteiger partial charge on any atom is 0.408 e. The van der Waals surface area contributed by atoms with Crippen LogP contribution in [-0.4, -0.2) is 36.7 Å². The van der Waals surface area contributed by atoms with Gasteiger partial charge in [-0.25, -0.2) is 4.79 Å². The van der Waals surface area contributed by atoms with E-state index in [1.54, 1.807) is 20.8 Å². The van der Waals surface area contributed by atoms with Gasteiger partial charge in [0.05, 0.1) is 19.6 Å². The lowest BCUT2D eigenvalue weighted by molar-refractivity contribution is -0.140. The van der Waals surface area contributed by atoms with E-state index in [0.29, 0.717) is 19.3 Å². The van der Waals surface area contributed by atoms with Crippen molar-refractivity contribution in [3.63, 3.8) is 0 Å². The summed E-state index contributed by atoms with van der Waals surface area (Å²) in [6.07, 6.45) is 5.17. The first-order valence-corrected chi connectivity index (χ1v) is 10.2. The molecule has 7 nitrogen and oxygen atoms in total. The van der Waals surface area contributed by atoms with Gasteiger partial charge >= 0.3 is 12.1 Å². The van der Waals surface area contributed by atoms with Gasteiger partial charge in [0, 0.05) is 18.4 Å². The lowest BCUT2D eigenvalue weighted by atomic mass is 10.1. The van der Waals surface area contributed by atoms with E-state index >= 15 is 0 Å². The van der Waals surface area contributed by atoms with E-state index in [4.69, 9.17) is 10.5 Å². The Bertz CT molecular complexity index is 826. The summed E-state index contributed by atoms with van der Waals surface area (Å²) in [4.78, 5) is 34.2. The van der Waals surface area contributed by atoms with Crippen molar-refractivity contribution in [2.45, 2.75) is 64.5 Å². The van der Waals surface area contributed by atoms with Crippen LogP contribution in [0.25, 0.3) is 0 Å². The van der Waals surface area contributed by atoms with E-state index in [1.807, 2.05) is 36.4 Å². The van der Waals surface area contributed by atoms with Gasteiger partial charge in [0.1, 0.15) is 5.60 Å². The number of esters is 1. The maximum atomic E-state index is 12.0. The van der Waals surface area contributed by atoms with Crippen LogP contribution in [0.5, 0.6) is 0 Å². The number of nitrogens with one attached hydrogen (secondary N) is 1. The number of nitrogens with two attached hydrogens (primary N) is 1. The fraction of sp³-hybridized carbons (Fsp3) is 0.458. The third-order valence-electron chi connectivity index (χ3n) is 3.99. The van der Waals surface area contributed by atoms with Crippen LogP contribution >= 0.6 is 0 Å². The van der Waals surface area contributed by atoms with Crippen molar-refractivity contribution in [1.29, 1.82) is 0 Å². The van der Waals surface area contributed by atoms with Crippen LogP contribution < -0.4 is 11.1 Å². The number of methoxy groups -OCH3 is 1. The first kappa shape index (κ1) is 25.8. The summed E-state index contributed by atoms with van der Waals surface area (Å²) in [5.41, 5.74) is 6.56. The van der Waals surface area contributed by atoms with Crippen molar-refractivity contribution in [1.82, 2.24) is 5.32 Å². The molecule has 1 rings (SSSR count). The van der Waals surface area contributed by atoms with E-state index in [1.165, 1.54) is 7.11 Å². The molecule has 3 N–H and O–H groups in total. The molecule has 0 saturated heterocycles. The summed E-state index contributed by atoms with van der Waals surface area (Å²) >= 11 is 0. The molecule has 0 fully saturated rings. The molecule has 168 valence electrons. The molecule has 31 heavy (non-hydrogen) atoms. The third kappa shape index (κ3) is 12.8. The second-order valence-electron chi connectivity index (χ2n) is 7.96. The predicted molar refractivity (Wildman–Crippen MR) is 119 cm³/mol. The average Bonchev–Trinajstić information content (AvgIpc) is 2.68. The topological polar surface area (TPSA) is 108 Å². The van der Waals surface area contributed by atoms with Gasteiger partial charge < -0.3 is 20.5 Å². The molecule has 7 heteroatoms. The number of carbonyl (C=O) groups excluding carboxylic acids is 3. The van der Waals surface area contributed by atoms with Gasteiger partial charge in [-0.05, 0) is 51.3 Å². The Labute approximate surface area is 184 Å². The molecule has 0 aromatic heterocycles. The fourth-order valence-electron chi connectivity index (χ4n) is 2.50. The van der Waals surface area contributed by atoms with Crippen LogP contribution in [0.2, 0.25) is 0 Å². The SMILES string of the molecule is COC(=O)CCC#Cc1ccc(C/C=C/[C@H](CCC(N)=O)NC(=O)OC(C)(C)C)cc1. The maximum absolute atomic E-state index is 12.0. The number of ether oxygens (including phenoxy) is 2. The van der Waals surface area contributed by atoms with Crippen molar-refractivity contribution < 1.29 is 23.9 Å². The monoisotopic (exact) mass is 428 g/mol. The predicted octanol–water partition coefficient (Wildman–Crippen LogP) is 3.25. The van der Waals surface area contributed by atoms with Crippen LogP contribution in [0.1, 0.15) is 57.6 Å². The van der Waals surface area contributed by atoms with Crippen LogP contribution in [0, 0.1) is 11.8 Å². The van der Waals surface area contributed by atoms with Crippen molar-refractivity contribution in [3.8, 4) is 11.8 Å². The van der Waals surface area contributed by atoms with Gasteiger partial charge in [-0.1, -0.05) is 36.1 Å². The highest BCUT2D eigenvalue weighted by molar-refractivity contribution is 5.74. The minimum atomic E-state index is -0.605. The zero-order chi connectivity index (χ0) is 23.3. The number of allylic oxidation sites excluding steroid dienone is 1. The quantitative estimate of drug-likeness (QED) is 0.357. The van der Waals surface area contributed by atoms with E-state index < -0.39 is 17.6 Å². The molecule has 0 saturated carbocycles. The van der Waals surface area contributed by atoms with Gasteiger partial charge in [-0.15, -0.1) is 0 Å². The van der Waals surface area contributed by atoms with Crippen LogP contribution in [0.3, 0.4) is 0 Å². The zero-order valence-electron chi connectivity index (χ0n) is 18.7. The minimum Gasteiger partial charge on any atom is -0.469 e. The highest BCUT2D eigenvalue weighted by atomic mass is 16.6. The standard InChI is InChI=1S/C24H32N2O5/c1-24(2,3)31-23(29)26-20(16-17-21(25)27)10-7-9-19-14-12-18(13-15-19)8-5-6-11-22(28)30-4/h7,10,12-15,20H,6,9,11,16-17H2,1-4H3,(H2,25,27)(H,26,29)/b10-7+/t20-/m1/s1. The molecule has 0 radical (unpaired) electrons. The lowest BCUT2D eigenvalue weighted by Gasteiger charge is -2.22. The van der Waals surface area contributed by atoms with Crippen LogP contribution in [0.4, 0.5) is 4.79 Å². The molecule has 0 bridgehead atoms. The second-order valence-corrected chi connectivity index (χ2v) is 7.96. The molecule has 0 aliphatic carbocycles. The average molecular weight is 429 g/mol. The van der Waals surface area contributed by atoms with E-state index in [2.05, 4.69) is 21.9 Å². The Balaban J connectivity index is 2.63. The van der Waals surface area contributed by atoms with E-state index in [-0.39, 0.29) is 24.9 Å². The second kappa shape index (κ2) is 13.1. The molecule has 0 unspecified atom stereocenters. The van der Waals surface area contributed by atoms with Crippen molar-refractivity contribution in [3.05, 3.63) is 47.5 Å². The highest BCUT2D eigenvalue weighted by Crippen LogP contribution is 2.09. The number of carbonyl (C=O) groups is 3. The molecule has 2 amide bonds. The van der Waals surface area contributed by atoms with Crippen molar-refractivity contribution in [2.75, 3.05) is 7.11 Å². The Morgan fingerprint density at radius 3 is 2.42 bits per heavy atom. The Morgan fingerprint density at radius 1 is 1.16 bits per heavy atom. The molecule has 0 aliphatic rings. The first-order valence-electron chi connectivity index (χ1n) is 10.2. The largest absolute Gasteiger partial charge is 0.469 e. The van der Waals surface area contributed by atoms with Crippen molar-refractivity contribution in [2.24, 2.45) is 5.73 Å². The van der Waals surface area contributed by atoms with E-state index in [9.17, 15) is 14.4 Å². The summed E-state index contributed by atoms with van der Waals surface area (Å²) < 4.78 is 9.85. The third-order valence-corrected chi connectivity index (χ3v) is 3.99. The number of rotatable bonds is 9. The summed E-state index contributed by atoms with van der Waals surface area (Å²) in [5, 5.41) is 2.76. The lowest BCUT2D eigenvalue weighted by Crippen LogP contribution is -2.38. The number of benzene rings is 1. The number of primary amides is 1. The van der Waals surface area contributed by atoms with Crippen molar-refractivity contribution >= 4 is 18.0 Å². The van der Waals surface area contributed by atoms with Gasteiger partial charge in [0.2, 0.25) is 5.91 Å². The number of hydrogen-bond acceptors (Lipinski definition) is 5. The molecule has 1 aromatic carbocycles. The normalized spacial score (nSPS) is 11.9. The highest BCUT2D eigenvalue weighted by Gasteiger charge is 2.18. The molecule has 0 aliphatic heterocycles. The van der Waals surface area contributed by atoms with Crippen LogP contribution in [0.15, 0.2) is 36.4 Å². The number of alkyl carbamates (subject to hydrolysis) is 1. The number of amides is 2. The molecule has 0 spiro atoms. The van der Waals surface area contributed by atoms with Gasteiger partial charge in [-0.2, -0.15) is 0 Å². The number of hydrogen-bond donors (Lipinski definition) is 2. The van der Waals surface area contributed by atoms with Crippen LogP contribution in [-0.2, 0) is 25.5 Å². The Hall–Kier alpha value is -3.27. The summed E-state index contributed by atoms with van der Waals surface area (Å²) in [6.45, 7) is 5.36. The molecular formula is C24H32N2O5. The fourth-order valence-corrected chi connectivity index (χ4v) is 2.50. The smallest absolute Gasteiger partial charge is 0.408 e. The zero-order valence-corrected chi connectivity index (χ0v) is 18.7. The molecule has 1 aromatic rings. The van der Waals surface area contributed by atoms with E-state index in [0.717, 1.165) is 11.1 Å². The Morgan fingerprint density at radius 2 is 1.84 bits per heavy atom. The Kier molecular flexibility index (Phi) is 10.9.